The summed E-state index contributed by atoms with van der Waals surface area (Å²) in [6.45, 7) is 5.38. The summed E-state index contributed by atoms with van der Waals surface area (Å²) in [5.41, 5.74) is 0.570. The maximum Gasteiger partial charge on any atom is 0.271 e. The van der Waals surface area contributed by atoms with E-state index in [1.54, 1.807) is 6.07 Å². The van der Waals surface area contributed by atoms with E-state index in [0.29, 0.717) is 12.5 Å². The molecule has 6 nitrogen and oxygen atoms in total. The summed E-state index contributed by atoms with van der Waals surface area (Å²) >= 11 is 0. The van der Waals surface area contributed by atoms with E-state index in [1.807, 2.05) is 30.3 Å². The molecule has 0 bridgehead atoms. The van der Waals surface area contributed by atoms with Gasteiger partial charge in [-0.3, -0.25) is 9.69 Å². The van der Waals surface area contributed by atoms with Gasteiger partial charge in [0.05, 0.1) is 25.5 Å². The van der Waals surface area contributed by atoms with Crippen molar-refractivity contribution in [2.45, 2.75) is 12.8 Å². The molecule has 1 saturated heterocycles. The molecule has 0 radical (unpaired) electrons. The van der Waals surface area contributed by atoms with Gasteiger partial charge in [0.1, 0.15) is 0 Å². The fourth-order valence-corrected chi connectivity index (χ4v) is 2.66. The molecule has 6 heteroatoms. The number of ether oxygens (including phenoxy) is 2. The monoisotopic (exact) mass is 329 g/mol. The molecule has 1 aromatic heterocycles. The largest absolute Gasteiger partial charge is 0.477 e. The Morgan fingerprint density at radius 2 is 1.83 bits per heavy atom. The van der Waals surface area contributed by atoms with Gasteiger partial charge in [-0.2, -0.15) is 4.68 Å². The summed E-state index contributed by atoms with van der Waals surface area (Å²) in [6, 6.07) is 12.5. The van der Waals surface area contributed by atoms with Crippen molar-refractivity contribution < 1.29 is 9.47 Å². The molecule has 2 aromatic rings. The van der Waals surface area contributed by atoms with Crippen LogP contribution in [0.5, 0.6) is 5.88 Å². The minimum atomic E-state index is -0.166. The Kier molecular flexibility index (Phi) is 5.98. The molecule has 0 amide bonds. The molecular formula is C18H23N3O3. The Bertz CT molecular complexity index is 681. The molecule has 24 heavy (non-hydrogen) atoms. The highest BCUT2D eigenvalue weighted by molar-refractivity contribution is 5.30. The maximum absolute atomic E-state index is 12.0. The summed E-state index contributed by atoms with van der Waals surface area (Å²) in [5.74, 6) is 0.477. The quantitative estimate of drug-likeness (QED) is 0.724. The van der Waals surface area contributed by atoms with Crippen molar-refractivity contribution >= 4 is 0 Å². The lowest BCUT2D eigenvalue weighted by molar-refractivity contribution is 0.0367. The van der Waals surface area contributed by atoms with Gasteiger partial charge in [-0.15, -0.1) is 5.10 Å². The second-order valence-corrected chi connectivity index (χ2v) is 5.77. The average molecular weight is 329 g/mol. The Balaban J connectivity index is 1.48. The van der Waals surface area contributed by atoms with E-state index in [9.17, 15) is 4.79 Å². The van der Waals surface area contributed by atoms with E-state index < -0.39 is 0 Å². The van der Waals surface area contributed by atoms with Crippen LogP contribution in [0.25, 0.3) is 5.69 Å². The average Bonchev–Trinajstić information content (AvgIpc) is 2.64. The number of morpholine rings is 1. The highest BCUT2D eigenvalue weighted by atomic mass is 16.5. The smallest absolute Gasteiger partial charge is 0.271 e. The first-order valence-corrected chi connectivity index (χ1v) is 8.42. The van der Waals surface area contributed by atoms with E-state index in [4.69, 9.17) is 9.47 Å². The lowest BCUT2D eigenvalue weighted by atomic mass is 10.3. The van der Waals surface area contributed by atoms with Crippen molar-refractivity contribution in [2.75, 3.05) is 39.5 Å². The number of rotatable bonds is 7. The fraction of sp³-hybridized carbons (Fsp3) is 0.444. The molecule has 1 fully saturated rings. The minimum Gasteiger partial charge on any atom is -0.477 e. The first kappa shape index (κ1) is 16.7. The van der Waals surface area contributed by atoms with Gasteiger partial charge in [0.2, 0.25) is 5.88 Å². The van der Waals surface area contributed by atoms with E-state index in [1.165, 1.54) is 10.7 Å². The predicted molar refractivity (Wildman–Crippen MR) is 91.8 cm³/mol. The highest BCUT2D eigenvalue weighted by Crippen LogP contribution is 2.08. The van der Waals surface area contributed by atoms with Crippen LogP contribution < -0.4 is 10.3 Å². The van der Waals surface area contributed by atoms with E-state index in [2.05, 4.69) is 10.00 Å². The van der Waals surface area contributed by atoms with Gasteiger partial charge in [-0.05, 0) is 31.5 Å². The van der Waals surface area contributed by atoms with Crippen LogP contribution >= 0.6 is 0 Å². The van der Waals surface area contributed by atoms with Gasteiger partial charge in [0.25, 0.3) is 5.56 Å². The lowest BCUT2D eigenvalue weighted by Crippen LogP contribution is -2.36. The molecule has 3 rings (SSSR count). The third-order valence-electron chi connectivity index (χ3n) is 4.00. The molecule has 0 unspecified atom stereocenters. The van der Waals surface area contributed by atoms with Gasteiger partial charge >= 0.3 is 0 Å². The first-order chi connectivity index (χ1) is 11.8. The number of aromatic nitrogens is 2. The standard InChI is InChI=1S/C18H23N3O3/c22-18-9-8-17(19-21(18)16-6-2-1-3-7-16)24-13-5-4-10-20-11-14-23-15-12-20/h1-3,6-9H,4-5,10-15H2. The topological polar surface area (TPSA) is 56.6 Å². The Hall–Kier alpha value is -2.18. The SMILES string of the molecule is O=c1ccc(OCCCCN2CCOCC2)nn1-c1ccccc1. The van der Waals surface area contributed by atoms with Crippen LogP contribution in [0, 0.1) is 0 Å². The lowest BCUT2D eigenvalue weighted by Gasteiger charge is -2.26. The third kappa shape index (κ3) is 4.66. The molecule has 0 saturated carbocycles. The van der Waals surface area contributed by atoms with E-state index in [0.717, 1.165) is 51.4 Å². The summed E-state index contributed by atoms with van der Waals surface area (Å²) < 4.78 is 12.4. The van der Waals surface area contributed by atoms with Crippen LogP contribution in [-0.2, 0) is 4.74 Å². The number of para-hydroxylation sites is 1. The molecule has 0 atom stereocenters. The van der Waals surface area contributed by atoms with Crippen LogP contribution in [0.15, 0.2) is 47.3 Å². The van der Waals surface area contributed by atoms with Gasteiger partial charge in [0, 0.05) is 25.2 Å². The molecular weight excluding hydrogens is 306 g/mol. The molecule has 2 heterocycles. The first-order valence-electron chi connectivity index (χ1n) is 8.42. The summed E-state index contributed by atoms with van der Waals surface area (Å²) in [7, 11) is 0. The van der Waals surface area contributed by atoms with Crippen LogP contribution in [0.2, 0.25) is 0 Å². The van der Waals surface area contributed by atoms with Crippen molar-refractivity contribution in [1.29, 1.82) is 0 Å². The van der Waals surface area contributed by atoms with E-state index in [-0.39, 0.29) is 5.56 Å². The Morgan fingerprint density at radius 1 is 1.04 bits per heavy atom. The molecule has 0 aliphatic carbocycles. The molecule has 1 aliphatic heterocycles. The Labute approximate surface area is 141 Å². The fourth-order valence-electron chi connectivity index (χ4n) is 2.66. The van der Waals surface area contributed by atoms with Gasteiger partial charge in [-0.1, -0.05) is 18.2 Å². The molecule has 1 aliphatic rings. The second kappa shape index (κ2) is 8.61. The van der Waals surface area contributed by atoms with Crippen molar-refractivity contribution in [2.24, 2.45) is 0 Å². The molecule has 0 N–H and O–H groups in total. The predicted octanol–water partition coefficient (Wildman–Crippen LogP) is 1.72. The van der Waals surface area contributed by atoms with Crippen LogP contribution in [-0.4, -0.2) is 54.1 Å². The van der Waals surface area contributed by atoms with Gasteiger partial charge < -0.3 is 9.47 Å². The van der Waals surface area contributed by atoms with Crippen LogP contribution in [0.4, 0.5) is 0 Å². The van der Waals surface area contributed by atoms with Crippen LogP contribution in [0.1, 0.15) is 12.8 Å². The Morgan fingerprint density at radius 3 is 2.62 bits per heavy atom. The number of benzene rings is 1. The number of unbranched alkanes of at least 4 members (excludes halogenated alkanes) is 1. The van der Waals surface area contributed by atoms with Crippen molar-refractivity contribution in [1.82, 2.24) is 14.7 Å². The summed E-state index contributed by atoms with van der Waals surface area (Å²) in [5, 5.41) is 4.29. The zero-order chi connectivity index (χ0) is 16.6. The van der Waals surface area contributed by atoms with Gasteiger partial charge in [-0.25, -0.2) is 0 Å². The molecule has 1 aromatic carbocycles. The zero-order valence-electron chi connectivity index (χ0n) is 13.8. The van der Waals surface area contributed by atoms with Crippen molar-refractivity contribution in [3.05, 3.63) is 52.8 Å². The van der Waals surface area contributed by atoms with Crippen LogP contribution in [0.3, 0.4) is 0 Å². The van der Waals surface area contributed by atoms with Crippen molar-refractivity contribution in [3.63, 3.8) is 0 Å². The van der Waals surface area contributed by atoms with Crippen molar-refractivity contribution in [3.8, 4) is 11.6 Å². The zero-order valence-corrected chi connectivity index (χ0v) is 13.8. The van der Waals surface area contributed by atoms with E-state index >= 15 is 0 Å². The maximum atomic E-state index is 12.0. The second-order valence-electron chi connectivity index (χ2n) is 5.77. The number of hydrogen-bond acceptors (Lipinski definition) is 5. The molecule has 0 spiro atoms. The molecule has 128 valence electrons. The summed E-state index contributed by atoms with van der Waals surface area (Å²) in [4.78, 5) is 14.4. The normalized spacial score (nSPS) is 15.3. The number of nitrogens with zero attached hydrogens (tertiary/aromatic N) is 3. The summed E-state index contributed by atoms with van der Waals surface area (Å²) in [6.07, 6.45) is 2.04. The number of hydrogen-bond donors (Lipinski definition) is 0. The van der Waals surface area contributed by atoms with Gasteiger partial charge in [0.15, 0.2) is 0 Å². The minimum absolute atomic E-state index is 0.166. The highest BCUT2D eigenvalue weighted by Gasteiger charge is 2.09. The third-order valence-corrected chi connectivity index (χ3v) is 4.00.